The molecule has 0 spiro atoms. The normalized spacial score (nSPS) is 11.5. The molecule has 0 bridgehead atoms. The minimum absolute atomic E-state index is 0.268. The van der Waals surface area contributed by atoms with E-state index in [4.69, 9.17) is 0 Å². The predicted octanol–water partition coefficient (Wildman–Crippen LogP) is 4.91. The summed E-state index contributed by atoms with van der Waals surface area (Å²) < 4.78 is 0. The van der Waals surface area contributed by atoms with E-state index in [1.54, 1.807) is 0 Å². The van der Waals surface area contributed by atoms with Crippen LogP contribution in [0.2, 0.25) is 0 Å². The van der Waals surface area contributed by atoms with Crippen LogP contribution in [0.4, 0.5) is 5.69 Å². The lowest BCUT2D eigenvalue weighted by Gasteiger charge is -2.01. The zero-order valence-electron chi connectivity index (χ0n) is 10.6. The van der Waals surface area contributed by atoms with Crippen LogP contribution in [0, 0.1) is 0 Å². The highest BCUT2D eigenvalue weighted by molar-refractivity contribution is 5.38. The lowest BCUT2D eigenvalue weighted by atomic mass is 10.1. The van der Waals surface area contributed by atoms with Gasteiger partial charge in [-0.3, -0.25) is 0 Å². The number of benzene rings is 1. The fourth-order valence-corrected chi connectivity index (χ4v) is 1.49. The van der Waals surface area contributed by atoms with Gasteiger partial charge in [0.05, 0.1) is 11.7 Å². The van der Waals surface area contributed by atoms with Gasteiger partial charge in [0.2, 0.25) is 0 Å². The smallest absolute Gasteiger partial charge is 0.0852 e. The molecule has 0 atom stereocenters. The van der Waals surface area contributed by atoms with Crippen molar-refractivity contribution in [3.63, 3.8) is 0 Å². The monoisotopic (exact) mass is 218 g/mol. The number of azo groups is 1. The number of hydrogen-bond donors (Lipinski definition) is 0. The molecule has 2 nitrogen and oxygen atoms in total. The van der Waals surface area contributed by atoms with Crippen LogP contribution in [0.3, 0.4) is 0 Å². The minimum atomic E-state index is 0.268. The van der Waals surface area contributed by atoms with Crippen molar-refractivity contribution in [3.8, 4) is 0 Å². The van der Waals surface area contributed by atoms with Crippen LogP contribution >= 0.6 is 0 Å². The second-order valence-corrected chi connectivity index (χ2v) is 4.43. The van der Waals surface area contributed by atoms with Gasteiger partial charge >= 0.3 is 0 Å². The molecule has 0 unspecified atom stereocenters. The van der Waals surface area contributed by atoms with E-state index in [2.05, 4.69) is 29.3 Å². The molecule has 1 aromatic rings. The van der Waals surface area contributed by atoms with Gasteiger partial charge in [-0.2, -0.15) is 10.2 Å². The third-order valence-electron chi connectivity index (χ3n) is 2.41. The SMILES string of the molecule is CCCCCc1ccc(N=NC(C)C)cc1. The summed E-state index contributed by atoms with van der Waals surface area (Å²) in [5, 5.41) is 8.29. The summed E-state index contributed by atoms with van der Waals surface area (Å²) in [7, 11) is 0. The number of unbranched alkanes of at least 4 members (excludes halogenated alkanes) is 2. The maximum Gasteiger partial charge on any atom is 0.0852 e. The first-order chi connectivity index (χ1) is 7.72. The summed E-state index contributed by atoms with van der Waals surface area (Å²) in [5.74, 6) is 0. The van der Waals surface area contributed by atoms with Gasteiger partial charge in [0, 0.05) is 0 Å². The van der Waals surface area contributed by atoms with Crippen LogP contribution in [0.1, 0.15) is 45.6 Å². The number of nitrogens with zero attached hydrogens (tertiary/aromatic N) is 2. The van der Waals surface area contributed by atoms with Crippen LogP contribution in [0.25, 0.3) is 0 Å². The van der Waals surface area contributed by atoms with Gasteiger partial charge in [-0.1, -0.05) is 31.9 Å². The van der Waals surface area contributed by atoms with E-state index in [0.717, 1.165) is 5.69 Å². The number of aryl methyl sites for hydroxylation is 1. The van der Waals surface area contributed by atoms with Crippen molar-refractivity contribution in [2.75, 3.05) is 0 Å². The Morgan fingerprint density at radius 3 is 2.31 bits per heavy atom. The summed E-state index contributed by atoms with van der Waals surface area (Å²) in [6.45, 7) is 6.29. The summed E-state index contributed by atoms with van der Waals surface area (Å²) in [6, 6.07) is 8.68. The van der Waals surface area contributed by atoms with E-state index in [1.807, 2.05) is 26.0 Å². The highest BCUT2D eigenvalue weighted by Gasteiger charge is 1.94. The predicted molar refractivity (Wildman–Crippen MR) is 69.3 cm³/mol. The summed E-state index contributed by atoms with van der Waals surface area (Å²) in [5.41, 5.74) is 2.35. The third kappa shape index (κ3) is 5.06. The zero-order chi connectivity index (χ0) is 11.8. The standard InChI is InChI=1S/C14H22N2/c1-4-5-6-7-13-8-10-14(11-9-13)16-15-12(2)3/h8-12H,4-7H2,1-3H3. The molecule has 0 saturated heterocycles. The largest absolute Gasteiger partial charge is 0.186 e. The topological polar surface area (TPSA) is 24.7 Å². The van der Waals surface area contributed by atoms with Gasteiger partial charge in [-0.15, -0.1) is 0 Å². The van der Waals surface area contributed by atoms with Gasteiger partial charge in [-0.05, 0) is 44.4 Å². The molecule has 0 aliphatic rings. The Morgan fingerprint density at radius 2 is 1.75 bits per heavy atom. The maximum absolute atomic E-state index is 4.17. The van der Waals surface area contributed by atoms with E-state index in [-0.39, 0.29) is 6.04 Å². The average Bonchev–Trinajstić information content (AvgIpc) is 2.28. The molecule has 1 aromatic carbocycles. The Labute approximate surface area is 98.8 Å². The first kappa shape index (κ1) is 12.9. The molecule has 2 heteroatoms. The zero-order valence-corrected chi connectivity index (χ0v) is 10.6. The van der Waals surface area contributed by atoms with Crippen molar-refractivity contribution < 1.29 is 0 Å². The molecular weight excluding hydrogens is 196 g/mol. The molecule has 0 aliphatic heterocycles. The first-order valence-electron chi connectivity index (χ1n) is 6.22. The molecule has 16 heavy (non-hydrogen) atoms. The molecule has 0 radical (unpaired) electrons. The second kappa shape index (κ2) is 7.15. The van der Waals surface area contributed by atoms with E-state index in [1.165, 1.54) is 31.2 Å². The van der Waals surface area contributed by atoms with Crippen LogP contribution in [-0.4, -0.2) is 6.04 Å². The van der Waals surface area contributed by atoms with E-state index in [0.29, 0.717) is 0 Å². The number of rotatable bonds is 6. The van der Waals surface area contributed by atoms with Crippen molar-refractivity contribution in [2.24, 2.45) is 10.2 Å². The molecule has 1 rings (SSSR count). The number of hydrogen-bond acceptors (Lipinski definition) is 2. The first-order valence-corrected chi connectivity index (χ1v) is 6.22. The van der Waals surface area contributed by atoms with Gasteiger partial charge in [-0.25, -0.2) is 0 Å². The van der Waals surface area contributed by atoms with Gasteiger partial charge in [0.25, 0.3) is 0 Å². The van der Waals surface area contributed by atoms with Crippen LogP contribution in [0.15, 0.2) is 34.5 Å². The molecular formula is C14H22N2. The maximum atomic E-state index is 4.17. The van der Waals surface area contributed by atoms with Crippen LogP contribution < -0.4 is 0 Å². The van der Waals surface area contributed by atoms with Crippen molar-refractivity contribution in [1.82, 2.24) is 0 Å². The Balaban J connectivity index is 2.47. The van der Waals surface area contributed by atoms with Gasteiger partial charge in [0.15, 0.2) is 0 Å². The lowest BCUT2D eigenvalue weighted by molar-refractivity contribution is 0.717. The van der Waals surface area contributed by atoms with Crippen molar-refractivity contribution >= 4 is 5.69 Å². The minimum Gasteiger partial charge on any atom is -0.186 e. The lowest BCUT2D eigenvalue weighted by Crippen LogP contribution is -1.85. The molecule has 0 aromatic heterocycles. The Kier molecular flexibility index (Phi) is 5.76. The van der Waals surface area contributed by atoms with Crippen molar-refractivity contribution in [2.45, 2.75) is 52.5 Å². The van der Waals surface area contributed by atoms with Crippen molar-refractivity contribution in [1.29, 1.82) is 0 Å². The average molecular weight is 218 g/mol. The Hall–Kier alpha value is -1.18. The van der Waals surface area contributed by atoms with Crippen LogP contribution in [-0.2, 0) is 6.42 Å². The second-order valence-electron chi connectivity index (χ2n) is 4.43. The molecule has 0 N–H and O–H groups in total. The van der Waals surface area contributed by atoms with Gasteiger partial charge in [0.1, 0.15) is 0 Å². The Bertz CT molecular complexity index is 312. The van der Waals surface area contributed by atoms with Crippen molar-refractivity contribution in [3.05, 3.63) is 29.8 Å². The van der Waals surface area contributed by atoms with E-state index in [9.17, 15) is 0 Å². The highest BCUT2D eigenvalue weighted by atomic mass is 15.1. The molecule has 0 amide bonds. The molecule has 0 aliphatic carbocycles. The fraction of sp³-hybridized carbons (Fsp3) is 0.571. The Morgan fingerprint density at radius 1 is 1.06 bits per heavy atom. The highest BCUT2D eigenvalue weighted by Crippen LogP contribution is 2.15. The fourth-order valence-electron chi connectivity index (χ4n) is 1.49. The molecule has 0 saturated carbocycles. The third-order valence-corrected chi connectivity index (χ3v) is 2.41. The molecule has 0 heterocycles. The molecule has 0 fully saturated rings. The van der Waals surface area contributed by atoms with Gasteiger partial charge < -0.3 is 0 Å². The van der Waals surface area contributed by atoms with Crippen LogP contribution in [0.5, 0.6) is 0 Å². The summed E-state index contributed by atoms with van der Waals surface area (Å²) >= 11 is 0. The summed E-state index contributed by atoms with van der Waals surface area (Å²) in [4.78, 5) is 0. The summed E-state index contributed by atoms with van der Waals surface area (Å²) in [6.07, 6.45) is 5.05. The quantitative estimate of drug-likeness (QED) is 0.478. The molecule has 88 valence electrons. The van der Waals surface area contributed by atoms with E-state index < -0.39 is 0 Å². The van der Waals surface area contributed by atoms with E-state index >= 15 is 0 Å².